The van der Waals surface area contributed by atoms with Crippen LogP contribution >= 0.6 is 7.29 Å². The van der Waals surface area contributed by atoms with Gasteiger partial charge in [-0.15, -0.1) is 0 Å². The smallest absolute Gasteiger partial charge is 0.247 e. The van der Waals surface area contributed by atoms with Crippen LogP contribution in [0.5, 0.6) is 0 Å². The maximum absolute atomic E-state index is 15.0. The summed E-state index contributed by atoms with van der Waals surface area (Å²) in [5, 5.41) is 1.55. The molecule has 0 atom stereocenters. The lowest BCUT2D eigenvalue weighted by atomic mass is 10.2. The molecule has 1 N–H and O–H groups in total. The maximum Gasteiger partial charge on any atom is 0.247 e. The summed E-state index contributed by atoms with van der Waals surface area (Å²) in [4.78, 5) is 0. The summed E-state index contributed by atoms with van der Waals surface area (Å²) in [5.41, 5.74) is 7.46. The average Bonchev–Trinajstić information content (AvgIpc) is 2.78. The highest BCUT2D eigenvalue weighted by Crippen LogP contribution is 2.50. The van der Waals surface area contributed by atoms with Crippen molar-refractivity contribution >= 4 is 29.3 Å². The largest absolute Gasteiger partial charge is 0.292 e. The first-order valence-corrected chi connectivity index (χ1v) is 11.7. The van der Waals surface area contributed by atoms with Crippen molar-refractivity contribution in [2.75, 3.05) is 10.2 Å². The molecule has 0 radical (unpaired) electrons. The van der Waals surface area contributed by atoms with E-state index in [1.807, 2.05) is 103 Å². The van der Waals surface area contributed by atoms with E-state index in [0.717, 1.165) is 33.1 Å². The van der Waals surface area contributed by atoms with Crippen LogP contribution in [0.25, 0.3) is 0 Å². The van der Waals surface area contributed by atoms with E-state index in [1.54, 1.807) is 0 Å². The van der Waals surface area contributed by atoms with Crippen molar-refractivity contribution in [1.29, 1.82) is 0 Å². The minimum absolute atomic E-state index is 0.776. The molecule has 4 rings (SSSR count). The van der Waals surface area contributed by atoms with E-state index in [-0.39, 0.29) is 0 Å². The number of nitrogens with one attached hydrogen (secondary N) is 1. The number of rotatable bonds is 6. The molecular weight excluding hydrogens is 387 g/mol. The average molecular weight is 412 g/mol. The normalized spacial score (nSPS) is 11.1. The van der Waals surface area contributed by atoms with Crippen LogP contribution in [-0.2, 0) is 4.57 Å². The van der Waals surface area contributed by atoms with E-state index in [1.165, 1.54) is 0 Å². The number of aryl methyl sites for hydroxylation is 2. The molecule has 0 saturated heterocycles. The van der Waals surface area contributed by atoms with E-state index in [2.05, 4.69) is 30.5 Å². The van der Waals surface area contributed by atoms with E-state index in [4.69, 9.17) is 0 Å². The lowest BCUT2D eigenvalue weighted by molar-refractivity contribution is 0.586. The highest BCUT2D eigenvalue weighted by Gasteiger charge is 2.35. The van der Waals surface area contributed by atoms with Crippen LogP contribution in [0, 0.1) is 13.8 Å². The van der Waals surface area contributed by atoms with E-state index < -0.39 is 7.29 Å². The topological polar surface area (TPSA) is 32.3 Å². The molecule has 0 saturated carbocycles. The van der Waals surface area contributed by atoms with Gasteiger partial charge in [-0.3, -0.25) is 9.99 Å². The van der Waals surface area contributed by atoms with Crippen molar-refractivity contribution in [2.24, 2.45) is 0 Å². The van der Waals surface area contributed by atoms with Crippen LogP contribution in [0.3, 0.4) is 0 Å². The Kier molecular flexibility index (Phi) is 5.74. The molecule has 0 amide bonds. The van der Waals surface area contributed by atoms with E-state index >= 15 is 0 Å². The fraction of sp³-hybridized carbons (Fsp3) is 0.0769. The van der Waals surface area contributed by atoms with Crippen molar-refractivity contribution in [3.8, 4) is 0 Å². The van der Waals surface area contributed by atoms with Crippen LogP contribution in [0.4, 0.5) is 11.4 Å². The summed E-state index contributed by atoms with van der Waals surface area (Å²) in [6, 6.07) is 35.6. The van der Waals surface area contributed by atoms with Gasteiger partial charge in [0, 0.05) is 10.6 Å². The minimum atomic E-state index is -3.23. The molecule has 0 spiro atoms. The Hall–Kier alpha value is -3.29. The van der Waals surface area contributed by atoms with Gasteiger partial charge >= 0.3 is 0 Å². The lowest BCUT2D eigenvalue weighted by Gasteiger charge is -2.35. The zero-order valence-corrected chi connectivity index (χ0v) is 18.1. The molecule has 0 aliphatic carbocycles. The van der Waals surface area contributed by atoms with Crippen LogP contribution in [0.2, 0.25) is 0 Å². The van der Waals surface area contributed by atoms with Crippen LogP contribution in [0.15, 0.2) is 109 Å². The third-order valence-corrected chi connectivity index (χ3v) is 7.88. The van der Waals surface area contributed by atoms with E-state index in [0.29, 0.717) is 0 Å². The zero-order chi connectivity index (χ0) is 21.0. The van der Waals surface area contributed by atoms with Crippen molar-refractivity contribution < 1.29 is 4.57 Å². The standard InChI is InChI=1S/C26H25N2OP/c1-21-11-9-13-23(19-21)27-28(24-14-10-12-22(2)20-24)30(29,25-15-5-3-6-16-25)26-17-7-4-8-18-26/h3-20,27H,1-2H3. The Morgan fingerprint density at radius 2 is 1.17 bits per heavy atom. The molecule has 0 aromatic heterocycles. The molecule has 0 aliphatic rings. The second-order valence-corrected chi connectivity index (χ2v) is 9.96. The summed E-state index contributed by atoms with van der Waals surface area (Å²) >= 11 is 0. The summed E-state index contributed by atoms with van der Waals surface area (Å²) in [6.07, 6.45) is 0. The van der Waals surface area contributed by atoms with Crippen LogP contribution < -0.4 is 20.8 Å². The van der Waals surface area contributed by atoms with Gasteiger partial charge in [0.25, 0.3) is 0 Å². The molecule has 0 bridgehead atoms. The SMILES string of the molecule is Cc1cccc(NN(c2cccc(C)c2)P(=O)(c2ccccc2)c2ccccc2)c1. The first-order chi connectivity index (χ1) is 14.6. The van der Waals surface area contributed by atoms with E-state index in [9.17, 15) is 4.57 Å². The van der Waals surface area contributed by atoms with Crippen molar-refractivity contribution in [2.45, 2.75) is 13.8 Å². The third-order valence-electron chi connectivity index (χ3n) is 4.99. The summed E-state index contributed by atoms with van der Waals surface area (Å²) in [7, 11) is -3.23. The highest BCUT2D eigenvalue weighted by molar-refractivity contribution is 7.80. The predicted molar refractivity (Wildman–Crippen MR) is 128 cm³/mol. The van der Waals surface area contributed by atoms with Crippen LogP contribution in [0.1, 0.15) is 11.1 Å². The number of benzene rings is 4. The molecule has 0 heterocycles. The van der Waals surface area contributed by atoms with Crippen molar-refractivity contribution in [3.63, 3.8) is 0 Å². The molecule has 0 aliphatic heterocycles. The molecule has 0 fully saturated rings. The minimum Gasteiger partial charge on any atom is -0.292 e. The molecule has 3 nitrogen and oxygen atoms in total. The fourth-order valence-electron chi connectivity index (χ4n) is 3.53. The second-order valence-electron chi connectivity index (χ2n) is 7.38. The van der Waals surface area contributed by atoms with Crippen molar-refractivity contribution in [1.82, 2.24) is 0 Å². The Labute approximate surface area is 178 Å². The predicted octanol–water partition coefficient (Wildman–Crippen LogP) is 6.07. The molecular formula is C26H25N2OP. The Balaban J connectivity index is 1.95. The van der Waals surface area contributed by atoms with Gasteiger partial charge < -0.3 is 0 Å². The van der Waals surface area contributed by atoms with Gasteiger partial charge in [0.2, 0.25) is 7.29 Å². The molecule has 4 heteroatoms. The Bertz CT molecular complexity index is 1130. The summed E-state index contributed by atoms with van der Waals surface area (Å²) < 4.78 is 16.8. The van der Waals surface area contributed by atoms with Gasteiger partial charge in [-0.25, -0.2) is 4.78 Å². The van der Waals surface area contributed by atoms with Gasteiger partial charge in [-0.1, -0.05) is 60.7 Å². The van der Waals surface area contributed by atoms with Gasteiger partial charge in [0.1, 0.15) is 0 Å². The number of nitrogens with zero attached hydrogens (tertiary/aromatic N) is 1. The molecule has 150 valence electrons. The monoisotopic (exact) mass is 412 g/mol. The highest BCUT2D eigenvalue weighted by atomic mass is 31.2. The van der Waals surface area contributed by atoms with Gasteiger partial charge in [-0.2, -0.15) is 0 Å². The number of hydrazine groups is 1. The van der Waals surface area contributed by atoms with Crippen molar-refractivity contribution in [3.05, 3.63) is 120 Å². The first-order valence-electron chi connectivity index (χ1n) is 9.99. The Morgan fingerprint density at radius 3 is 1.70 bits per heavy atom. The third kappa shape index (κ3) is 4.03. The molecule has 4 aromatic carbocycles. The van der Waals surface area contributed by atoms with Crippen LogP contribution in [-0.4, -0.2) is 0 Å². The van der Waals surface area contributed by atoms with Gasteiger partial charge in [0.05, 0.1) is 11.4 Å². The maximum atomic E-state index is 15.0. The number of hydrogen-bond donors (Lipinski definition) is 1. The molecule has 4 aromatic rings. The fourth-order valence-corrected chi connectivity index (χ4v) is 6.15. The second kappa shape index (κ2) is 8.61. The Morgan fingerprint density at radius 1 is 0.633 bits per heavy atom. The zero-order valence-electron chi connectivity index (χ0n) is 17.2. The lowest BCUT2D eigenvalue weighted by Crippen LogP contribution is -2.36. The van der Waals surface area contributed by atoms with Gasteiger partial charge in [-0.05, 0) is 73.5 Å². The number of hydrogen-bond acceptors (Lipinski definition) is 2. The quantitative estimate of drug-likeness (QED) is 0.308. The van der Waals surface area contributed by atoms with Gasteiger partial charge in [0.15, 0.2) is 0 Å². The molecule has 30 heavy (non-hydrogen) atoms. The first kappa shape index (κ1) is 20.0. The summed E-state index contributed by atoms with van der Waals surface area (Å²) in [6.45, 7) is 4.10. The number of anilines is 2. The summed E-state index contributed by atoms with van der Waals surface area (Å²) in [5.74, 6) is 0. The molecule has 0 unspecified atom stereocenters.